The van der Waals surface area contributed by atoms with E-state index >= 15 is 0 Å². The molecule has 4 rings (SSSR count). The summed E-state index contributed by atoms with van der Waals surface area (Å²) in [5.74, 6) is 1.52. The fourth-order valence-corrected chi connectivity index (χ4v) is 3.55. The first-order chi connectivity index (χ1) is 12.2. The van der Waals surface area contributed by atoms with Crippen molar-refractivity contribution >= 4 is 28.2 Å². The van der Waals surface area contributed by atoms with Gasteiger partial charge in [0.05, 0.1) is 28.8 Å². The van der Waals surface area contributed by atoms with Gasteiger partial charge in [-0.15, -0.1) is 11.3 Å². The Hall–Kier alpha value is -2.80. The summed E-state index contributed by atoms with van der Waals surface area (Å²) in [6.07, 6.45) is 2.66. The predicted octanol–water partition coefficient (Wildman–Crippen LogP) is 3.33. The fourth-order valence-electron chi connectivity index (χ4n) is 2.72. The molecule has 25 heavy (non-hydrogen) atoms. The van der Waals surface area contributed by atoms with Crippen LogP contribution in [0.25, 0.3) is 11.0 Å². The van der Waals surface area contributed by atoms with Crippen molar-refractivity contribution in [1.82, 2.24) is 24.7 Å². The maximum atomic E-state index is 4.72. The van der Waals surface area contributed by atoms with Crippen LogP contribution in [-0.2, 0) is 20.0 Å². The van der Waals surface area contributed by atoms with Crippen molar-refractivity contribution in [2.45, 2.75) is 19.9 Å². The van der Waals surface area contributed by atoms with Gasteiger partial charge in [-0.1, -0.05) is 30.3 Å². The van der Waals surface area contributed by atoms with E-state index < -0.39 is 0 Å². The molecular weight excluding hydrogens is 332 g/mol. The van der Waals surface area contributed by atoms with Gasteiger partial charge in [-0.2, -0.15) is 5.10 Å². The number of rotatable bonds is 5. The number of hydrogen-bond donors (Lipinski definition) is 1. The molecule has 0 spiro atoms. The first kappa shape index (κ1) is 15.7. The molecule has 7 heteroatoms. The number of hydrogen-bond acceptors (Lipinski definition) is 6. The Balaban J connectivity index is 1.49. The number of nitrogens with one attached hydrogen (secondary N) is 1. The molecule has 0 radical (unpaired) electrons. The van der Waals surface area contributed by atoms with Crippen molar-refractivity contribution in [3.8, 4) is 0 Å². The third kappa shape index (κ3) is 3.36. The molecule has 4 aromatic rings. The Bertz CT molecular complexity index is 1010. The van der Waals surface area contributed by atoms with Gasteiger partial charge in [0.2, 0.25) is 0 Å². The molecule has 0 aliphatic carbocycles. The average Bonchev–Trinajstić information content (AvgIpc) is 3.21. The van der Waals surface area contributed by atoms with Gasteiger partial charge in [-0.05, 0) is 12.5 Å². The average molecular weight is 350 g/mol. The van der Waals surface area contributed by atoms with Crippen LogP contribution in [0.4, 0.5) is 5.82 Å². The molecule has 0 aliphatic rings. The Labute approximate surface area is 149 Å². The minimum atomic E-state index is 0.631. The van der Waals surface area contributed by atoms with Crippen LogP contribution in [0.15, 0.2) is 41.9 Å². The van der Waals surface area contributed by atoms with Gasteiger partial charge in [0.25, 0.3) is 0 Å². The largest absolute Gasteiger partial charge is 0.364 e. The van der Waals surface area contributed by atoms with Gasteiger partial charge < -0.3 is 5.32 Å². The summed E-state index contributed by atoms with van der Waals surface area (Å²) < 4.78 is 1.76. The molecule has 1 aromatic carbocycles. The van der Waals surface area contributed by atoms with Crippen LogP contribution in [-0.4, -0.2) is 24.7 Å². The topological polar surface area (TPSA) is 68.5 Å². The van der Waals surface area contributed by atoms with Crippen molar-refractivity contribution in [3.05, 3.63) is 64.0 Å². The van der Waals surface area contributed by atoms with E-state index in [9.17, 15) is 0 Å². The van der Waals surface area contributed by atoms with Crippen LogP contribution in [0.2, 0.25) is 0 Å². The number of thiazole rings is 1. The quantitative estimate of drug-likeness (QED) is 0.598. The fraction of sp³-hybridized carbons (Fsp3) is 0.222. The highest BCUT2D eigenvalue weighted by atomic mass is 32.1. The summed E-state index contributed by atoms with van der Waals surface area (Å²) in [5.41, 5.74) is 3.13. The molecular formula is C18H18N6S. The van der Waals surface area contributed by atoms with E-state index in [1.54, 1.807) is 22.2 Å². The van der Waals surface area contributed by atoms with E-state index in [0.29, 0.717) is 6.54 Å². The molecule has 6 nitrogen and oxygen atoms in total. The number of fused-ring (bicyclic) bond motifs is 1. The lowest BCUT2D eigenvalue weighted by Gasteiger charge is -2.06. The number of aromatic nitrogens is 5. The molecule has 0 atom stereocenters. The van der Waals surface area contributed by atoms with Crippen molar-refractivity contribution in [2.24, 2.45) is 7.05 Å². The third-order valence-corrected chi connectivity index (χ3v) is 4.84. The zero-order valence-corrected chi connectivity index (χ0v) is 14.9. The zero-order chi connectivity index (χ0) is 17.2. The molecule has 0 bridgehead atoms. The van der Waals surface area contributed by atoms with Crippen molar-refractivity contribution in [3.63, 3.8) is 0 Å². The van der Waals surface area contributed by atoms with Crippen molar-refractivity contribution < 1.29 is 0 Å². The van der Waals surface area contributed by atoms with E-state index in [1.165, 1.54) is 5.56 Å². The molecule has 0 amide bonds. The summed E-state index contributed by atoms with van der Waals surface area (Å²) in [4.78, 5) is 13.7. The van der Waals surface area contributed by atoms with Crippen LogP contribution >= 0.6 is 11.3 Å². The Morgan fingerprint density at radius 1 is 1.12 bits per heavy atom. The summed E-state index contributed by atoms with van der Waals surface area (Å²) in [5, 5.41) is 11.8. The van der Waals surface area contributed by atoms with Crippen molar-refractivity contribution in [1.29, 1.82) is 0 Å². The van der Waals surface area contributed by atoms with Crippen molar-refractivity contribution in [2.75, 3.05) is 5.32 Å². The number of nitrogens with zero attached hydrogens (tertiary/aromatic N) is 5. The first-order valence-corrected chi connectivity index (χ1v) is 8.94. The normalized spacial score (nSPS) is 11.1. The van der Waals surface area contributed by atoms with Gasteiger partial charge >= 0.3 is 0 Å². The maximum Gasteiger partial charge on any atom is 0.163 e. The van der Waals surface area contributed by atoms with Crippen LogP contribution in [0.1, 0.15) is 22.1 Å². The Kier molecular flexibility index (Phi) is 4.15. The second-order valence-electron chi connectivity index (χ2n) is 5.87. The minimum absolute atomic E-state index is 0.631. The molecule has 3 aromatic heterocycles. The van der Waals surface area contributed by atoms with Gasteiger partial charge in [0, 0.05) is 18.8 Å². The number of aryl methyl sites for hydroxylation is 2. The summed E-state index contributed by atoms with van der Waals surface area (Å²) in [7, 11) is 1.88. The molecule has 3 heterocycles. The van der Waals surface area contributed by atoms with E-state index in [1.807, 2.05) is 20.0 Å². The molecule has 0 unspecified atom stereocenters. The Morgan fingerprint density at radius 3 is 2.80 bits per heavy atom. The predicted molar refractivity (Wildman–Crippen MR) is 99.7 cm³/mol. The van der Waals surface area contributed by atoms with E-state index in [4.69, 9.17) is 4.98 Å². The highest BCUT2D eigenvalue weighted by Gasteiger charge is 2.10. The van der Waals surface area contributed by atoms with Gasteiger partial charge in [-0.25, -0.2) is 15.0 Å². The van der Waals surface area contributed by atoms with Gasteiger partial charge in [0.1, 0.15) is 11.6 Å². The molecule has 0 aliphatic heterocycles. The number of anilines is 1. The van der Waals surface area contributed by atoms with Crippen LogP contribution in [0.3, 0.4) is 0 Å². The van der Waals surface area contributed by atoms with Gasteiger partial charge in [-0.3, -0.25) is 4.68 Å². The third-order valence-electron chi connectivity index (χ3n) is 3.94. The zero-order valence-electron chi connectivity index (χ0n) is 14.1. The maximum absolute atomic E-state index is 4.72. The minimum Gasteiger partial charge on any atom is -0.364 e. The molecule has 1 N–H and O–H groups in total. The van der Waals surface area contributed by atoms with Crippen LogP contribution in [0, 0.1) is 6.92 Å². The summed E-state index contributed by atoms with van der Waals surface area (Å²) >= 11 is 1.69. The lowest BCUT2D eigenvalue weighted by molar-refractivity contribution is 0.783. The first-order valence-electron chi connectivity index (χ1n) is 8.06. The van der Waals surface area contributed by atoms with Crippen LogP contribution in [0.5, 0.6) is 0 Å². The SMILES string of the molecule is Cc1nc(NCc2csc(Cc3ccccc3)n2)c2cnn(C)c2n1. The number of benzene rings is 1. The van der Waals surface area contributed by atoms with E-state index in [0.717, 1.165) is 39.8 Å². The van der Waals surface area contributed by atoms with E-state index in [-0.39, 0.29) is 0 Å². The lowest BCUT2D eigenvalue weighted by Crippen LogP contribution is -2.05. The highest BCUT2D eigenvalue weighted by molar-refractivity contribution is 7.09. The smallest absolute Gasteiger partial charge is 0.163 e. The Morgan fingerprint density at radius 2 is 1.96 bits per heavy atom. The lowest BCUT2D eigenvalue weighted by atomic mass is 10.2. The second kappa shape index (κ2) is 6.60. The standard InChI is InChI=1S/C18H18N6S/c1-12-21-17(15-10-20-24(2)18(15)22-12)19-9-14-11-25-16(23-14)8-13-6-4-3-5-7-13/h3-7,10-11H,8-9H2,1-2H3,(H,19,21,22). The summed E-state index contributed by atoms with van der Waals surface area (Å²) in [6, 6.07) is 10.4. The molecule has 0 saturated heterocycles. The monoisotopic (exact) mass is 350 g/mol. The van der Waals surface area contributed by atoms with Crippen LogP contribution < -0.4 is 5.32 Å². The summed E-state index contributed by atoms with van der Waals surface area (Å²) in [6.45, 7) is 2.52. The van der Waals surface area contributed by atoms with E-state index in [2.05, 4.69) is 50.0 Å². The molecule has 126 valence electrons. The highest BCUT2D eigenvalue weighted by Crippen LogP contribution is 2.21. The second-order valence-corrected chi connectivity index (χ2v) is 6.82. The van der Waals surface area contributed by atoms with Gasteiger partial charge in [0.15, 0.2) is 5.65 Å². The molecule has 0 fully saturated rings. The molecule has 0 saturated carbocycles.